The highest BCUT2D eigenvalue weighted by molar-refractivity contribution is 7.99. The van der Waals surface area contributed by atoms with Crippen LogP contribution < -0.4 is 5.56 Å². The molecule has 1 fully saturated rings. The molecule has 1 saturated carbocycles. The van der Waals surface area contributed by atoms with Gasteiger partial charge in [-0.25, -0.2) is 4.98 Å². The molecule has 0 amide bonds. The molecule has 128 valence electrons. The molecular weight excluding hydrogens is 312 g/mol. The zero-order valence-corrected chi connectivity index (χ0v) is 15.1. The second kappa shape index (κ2) is 7.99. The largest absolute Gasteiger partial charge is 0.461 e. The summed E-state index contributed by atoms with van der Waals surface area (Å²) in [4.78, 5) is 30.4. The second-order valence-corrected chi connectivity index (χ2v) is 7.80. The number of aryl methyl sites for hydroxylation is 1. The van der Waals surface area contributed by atoms with Crippen LogP contribution in [-0.4, -0.2) is 27.8 Å². The Morgan fingerprint density at radius 1 is 1.48 bits per heavy atom. The standard InChI is InChI=1S/C17H26N2O3S/c1-10(2)13-6-5-11(3)7-14(13)22-16(21)9-23-17-18-12(4)8-15(20)19-17/h8,10-11,13-14H,5-7,9H2,1-4H3,(H,18,19,20)/t11-,13+,14-/m1/s1. The molecule has 1 heterocycles. The van der Waals surface area contributed by atoms with Crippen LogP contribution in [0.3, 0.4) is 0 Å². The van der Waals surface area contributed by atoms with E-state index in [-0.39, 0.29) is 23.4 Å². The molecule has 1 aromatic rings. The van der Waals surface area contributed by atoms with E-state index in [0.717, 1.165) is 12.8 Å². The SMILES string of the molecule is Cc1cc(=O)[nH]c(SCC(=O)O[C@@H]2C[C@H](C)CC[C@H]2C(C)C)n1. The molecule has 0 aliphatic heterocycles. The maximum absolute atomic E-state index is 12.2. The minimum absolute atomic E-state index is 0.0105. The van der Waals surface area contributed by atoms with Crippen molar-refractivity contribution in [1.82, 2.24) is 9.97 Å². The van der Waals surface area contributed by atoms with Gasteiger partial charge in [0.05, 0.1) is 5.75 Å². The number of esters is 1. The number of H-pyrrole nitrogens is 1. The Hall–Kier alpha value is -1.30. The quantitative estimate of drug-likeness (QED) is 0.507. The van der Waals surface area contributed by atoms with Gasteiger partial charge in [0.25, 0.3) is 5.56 Å². The van der Waals surface area contributed by atoms with Gasteiger partial charge in [0.1, 0.15) is 6.10 Å². The van der Waals surface area contributed by atoms with Crippen LogP contribution in [0.5, 0.6) is 0 Å². The molecule has 1 aromatic heterocycles. The first-order valence-electron chi connectivity index (χ1n) is 8.25. The molecule has 23 heavy (non-hydrogen) atoms. The van der Waals surface area contributed by atoms with Crippen LogP contribution in [0.1, 0.15) is 45.7 Å². The number of nitrogens with zero attached hydrogens (tertiary/aromatic N) is 1. The lowest BCUT2D eigenvalue weighted by Crippen LogP contribution is -2.36. The number of hydrogen-bond acceptors (Lipinski definition) is 5. The predicted molar refractivity (Wildman–Crippen MR) is 91.5 cm³/mol. The molecule has 6 heteroatoms. The summed E-state index contributed by atoms with van der Waals surface area (Å²) in [7, 11) is 0. The van der Waals surface area contributed by atoms with Crippen molar-refractivity contribution in [2.75, 3.05) is 5.75 Å². The molecule has 3 atom stereocenters. The fraction of sp³-hybridized carbons (Fsp3) is 0.706. The van der Waals surface area contributed by atoms with Crippen molar-refractivity contribution in [3.8, 4) is 0 Å². The first kappa shape index (κ1) is 18.0. The number of aromatic amines is 1. The van der Waals surface area contributed by atoms with Crippen LogP contribution in [0.15, 0.2) is 16.0 Å². The van der Waals surface area contributed by atoms with Gasteiger partial charge in [0, 0.05) is 11.8 Å². The average Bonchev–Trinajstić information content (AvgIpc) is 2.44. The minimum Gasteiger partial charge on any atom is -0.461 e. The number of aromatic nitrogens is 2. The van der Waals surface area contributed by atoms with Crippen molar-refractivity contribution in [2.45, 2.75) is 58.2 Å². The lowest BCUT2D eigenvalue weighted by atomic mass is 9.75. The number of thioether (sulfide) groups is 1. The topological polar surface area (TPSA) is 72.0 Å². The maximum atomic E-state index is 12.2. The zero-order valence-electron chi connectivity index (χ0n) is 14.3. The summed E-state index contributed by atoms with van der Waals surface area (Å²) >= 11 is 1.21. The van der Waals surface area contributed by atoms with Crippen molar-refractivity contribution >= 4 is 17.7 Å². The van der Waals surface area contributed by atoms with Gasteiger partial charge in [-0.2, -0.15) is 0 Å². The second-order valence-electron chi connectivity index (χ2n) is 6.84. The molecule has 0 unspecified atom stereocenters. The van der Waals surface area contributed by atoms with E-state index in [1.165, 1.54) is 24.2 Å². The van der Waals surface area contributed by atoms with E-state index in [1.54, 1.807) is 6.92 Å². The third-order valence-corrected chi connectivity index (χ3v) is 5.27. The lowest BCUT2D eigenvalue weighted by molar-refractivity contribution is -0.152. The Labute approximate surface area is 141 Å². The Balaban J connectivity index is 1.91. The number of nitrogens with one attached hydrogen (secondary N) is 1. The van der Waals surface area contributed by atoms with E-state index < -0.39 is 0 Å². The summed E-state index contributed by atoms with van der Waals surface area (Å²) in [6.07, 6.45) is 3.28. The fourth-order valence-electron chi connectivity index (χ4n) is 3.20. The van der Waals surface area contributed by atoms with Crippen LogP contribution in [-0.2, 0) is 9.53 Å². The number of carbonyl (C=O) groups excluding carboxylic acids is 1. The number of rotatable bonds is 5. The Bertz CT molecular complexity index is 600. The summed E-state index contributed by atoms with van der Waals surface area (Å²) < 4.78 is 5.74. The monoisotopic (exact) mass is 338 g/mol. The smallest absolute Gasteiger partial charge is 0.316 e. The molecule has 0 bridgehead atoms. The van der Waals surface area contributed by atoms with Crippen molar-refractivity contribution in [2.24, 2.45) is 17.8 Å². The van der Waals surface area contributed by atoms with Gasteiger partial charge < -0.3 is 9.72 Å². The molecular formula is C17H26N2O3S. The molecule has 5 nitrogen and oxygen atoms in total. The number of carbonyl (C=O) groups is 1. The Kier molecular flexibility index (Phi) is 6.27. The van der Waals surface area contributed by atoms with Crippen molar-refractivity contribution < 1.29 is 9.53 Å². The minimum atomic E-state index is -0.232. The summed E-state index contributed by atoms with van der Waals surface area (Å²) in [5, 5.41) is 0.462. The van der Waals surface area contributed by atoms with E-state index in [1.807, 2.05) is 0 Å². The normalized spacial score (nSPS) is 24.7. The van der Waals surface area contributed by atoms with Crippen LogP contribution in [0.2, 0.25) is 0 Å². The third-order valence-electron chi connectivity index (χ3n) is 4.42. The van der Waals surface area contributed by atoms with E-state index in [0.29, 0.717) is 28.6 Å². The predicted octanol–water partition coefficient (Wildman–Crippen LogP) is 3.17. The molecule has 2 rings (SSSR count). The third kappa shape index (κ3) is 5.37. The van der Waals surface area contributed by atoms with Crippen molar-refractivity contribution in [3.63, 3.8) is 0 Å². The van der Waals surface area contributed by atoms with Gasteiger partial charge in [-0.1, -0.05) is 39.0 Å². The van der Waals surface area contributed by atoms with Crippen LogP contribution in [0.4, 0.5) is 0 Å². The van der Waals surface area contributed by atoms with E-state index in [4.69, 9.17) is 4.74 Å². The zero-order chi connectivity index (χ0) is 17.0. The molecule has 0 saturated heterocycles. The number of ether oxygens (including phenoxy) is 1. The first-order chi connectivity index (χ1) is 10.8. The van der Waals surface area contributed by atoms with E-state index in [9.17, 15) is 9.59 Å². The van der Waals surface area contributed by atoms with Gasteiger partial charge in [0.15, 0.2) is 5.16 Å². The summed E-state index contributed by atoms with van der Waals surface area (Å²) in [6.45, 7) is 8.36. The lowest BCUT2D eigenvalue weighted by Gasteiger charge is -2.36. The van der Waals surface area contributed by atoms with Gasteiger partial charge in [-0.3, -0.25) is 9.59 Å². The van der Waals surface area contributed by atoms with Crippen LogP contribution >= 0.6 is 11.8 Å². The van der Waals surface area contributed by atoms with Crippen LogP contribution in [0, 0.1) is 24.7 Å². The molecule has 1 aliphatic carbocycles. The molecule has 0 spiro atoms. The van der Waals surface area contributed by atoms with Gasteiger partial charge >= 0.3 is 5.97 Å². The van der Waals surface area contributed by atoms with Crippen LogP contribution in [0.25, 0.3) is 0 Å². The fourth-order valence-corrected chi connectivity index (χ4v) is 3.90. The average molecular weight is 338 g/mol. The highest BCUT2D eigenvalue weighted by atomic mass is 32.2. The van der Waals surface area contributed by atoms with Gasteiger partial charge in [-0.05, 0) is 37.5 Å². The highest BCUT2D eigenvalue weighted by Gasteiger charge is 2.33. The molecule has 0 radical (unpaired) electrons. The Morgan fingerprint density at radius 3 is 2.87 bits per heavy atom. The van der Waals surface area contributed by atoms with E-state index in [2.05, 4.69) is 30.7 Å². The maximum Gasteiger partial charge on any atom is 0.316 e. The van der Waals surface area contributed by atoms with Gasteiger partial charge in [0.2, 0.25) is 0 Å². The highest BCUT2D eigenvalue weighted by Crippen LogP contribution is 2.35. The summed E-state index contributed by atoms with van der Waals surface area (Å²) in [6, 6.07) is 1.43. The van der Waals surface area contributed by atoms with Crippen molar-refractivity contribution in [1.29, 1.82) is 0 Å². The van der Waals surface area contributed by atoms with Crippen molar-refractivity contribution in [3.05, 3.63) is 22.1 Å². The molecule has 0 aromatic carbocycles. The Morgan fingerprint density at radius 2 is 2.22 bits per heavy atom. The summed E-state index contributed by atoms with van der Waals surface area (Å²) in [5.74, 6) is 1.50. The summed E-state index contributed by atoms with van der Waals surface area (Å²) in [5.41, 5.74) is 0.444. The number of hydrogen-bond donors (Lipinski definition) is 1. The molecule has 1 N–H and O–H groups in total. The van der Waals surface area contributed by atoms with Gasteiger partial charge in [-0.15, -0.1) is 0 Å². The molecule has 1 aliphatic rings. The first-order valence-corrected chi connectivity index (χ1v) is 9.24. The van der Waals surface area contributed by atoms with E-state index >= 15 is 0 Å².